The lowest BCUT2D eigenvalue weighted by Crippen LogP contribution is -2.19. The number of rotatable bonds is 6. The zero-order valence-electron chi connectivity index (χ0n) is 18.0. The Balaban J connectivity index is 1.58. The van der Waals surface area contributed by atoms with Gasteiger partial charge in [0.2, 0.25) is 21.9 Å². The highest BCUT2D eigenvalue weighted by Crippen LogP contribution is 2.28. The lowest BCUT2D eigenvalue weighted by molar-refractivity contribution is -0.116. The van der Waals surface area contributed by atoms with Gasteiger partial charge < -0.3 is 16.0 Å². The molecule has 1 aliphatic heterocycles. The maximum absolute atomic E-state index is 12.2. The molecule has 166 valence electrons. The van der Waals surface area contributed by atoms with E-state index in [1.807, 2.05) is 25.1 Å². The van der Waals surface area contributed by atoms with Gasteiger partial charge in [-0.25, -0.2) is 18.1 Å². The van der Waals surface area contributed by atoms with Crippen LogP contribution in [0.1, 0.15) is 23.1 Å². The summed E-state index contributed by atoms with van der Waals surface area (Å²) in [6.45, 7) is 3.64. The highest BCUT2D eigenvalue weighted by molar-refractivity contribution is 7.89. The van der Waals surface area contributed by atoms with Gasteiger partial charge in [0.25, 0.3) is 0 Å². The van der Waals surface area contributed by atoms with Crippen LogP contribution < -0.4 is 20.7 Å². The van der Waals surface area contributed by atoms with Crippen molar-refractivity contribution in [2.24, 2.45) is 0 Å². The summed E-state index contributed by atoms with van der Waals surface area (Å²) in [5, 5.41) is 9.25. The predicted octanol–water partition coefficient (Wildman–Crippen LogP) is 3.37. The van der Waals surface area contributed by atoms with Crippen LogP contribution in [0.2, 0.25) is 0 Å². The van der Waals surface area contributed by atoms with E-state index in [9.17, 15) is 13.2 Å². The Morgan fingerprint density at radius 2 is 1.72 bits per heavy atom. The zero-order chi connectivity index (χ0) is 22.9. The number of carbonyl (C=O) groups is 1. The molecule has 0 fully saturated rings. The third-order valence-corrected chi connectivity index (χ3v) is 6.79. The number of aromatic nitrogens is 2. The van der Waals surface area contributed by atoms with Crippen LogP contribution in [0.4, 0.5) is 28.8 Å². The first kappa shape index (κ1) is 21.7. The topological polar surface area (TPSA) is 125 Å². The van der Waals surface area contributed by atoms with E-state index in [0.717, 1.165) is 22.5 Å². The summed E-state index contributed by atoms with van der Waals surface area (Å²) >= 11 is 0. The molecule has 0 unspecified atom stereocenters. The van der Waals surface area contributed by atoms with Crippen molar-refractivity contribution in [3.63, 3.8) is 0 Å². The monoisotopic (exact) mass is 452 g/mol. The molecule has 2 heterocycles. The third-order valence-electron chi connectivity index (χ3n) is 5.24. The van der Waals surface area contributed by atoms with Crippen LogP contribution in [0, 0.1) is 13.8 Å². The number of nitrogens with one attached hydrogen (secondary N) is 4. The normalized spacial score (nSPS) is 13.3. The Kier molecular flexibility index (Phi) is 5.81. The standard InChI is InChI=1S/C22H24N6O3S/c1-13-4-6-17(11-19(13)32(30,31)23-3)26-22-24-12-14(2)21(28-22)25-16-7-8-18-15(10-16)5-9-20(29)27-18/h4,6-8,10-12,23H,5,9H2,1-3H3,(H,27,29)(H2,24,25,26,28). The Labute approximate surface area is 186 Å². The number of hydrogen-bond acceptors (Lipinski definition) is 7. The molecule has 10 heteroatoms. The summed E-state index contributed by atoms with van der Waals surface area (Å²) < 4.78 is 26.8. The molecule has 0 radical (unpaired) electrons. The largest absolute Gasteiger partial charge is 0.340 e. The predicted molar refractivity (Wildman–Crippen MR) is 124 cm³/mol. The van der Waals surface area contributed by atoms with E-state index in [1.165, 1.54) is 7.05 Å². The molecule has 0 aliphatic carbocycles. The van der Waals surface area contributed by atoms with Crippen molar-refractivity contribution in [1.82, 2.24) is 14.7 Å². The molecule has 1 amide bonds. The van der Waals surface area contributed by atoms with Gasteiger partial charge in [-0.1, -0.05) is 6.07 Å². The minimum absolute atomic E-state index is 0.0300. The van der Waals surface area contributed by atoms with Gasteiger partial charge in [-0.3, -0.25) is 4.79 Å². The first-order valence-electron chi connectivity index (χ1n) is 10.1. The van der Waals surface area contributed by atoms with Crippen molar-refractivity contribution in [1.29, 1.82) is 0 Å². The van der Waals surface area contributed by atoms with Crippen molar-refractivity contribution in [3.05, 3.63) is 59.3 Å². The second-order valence-electron chi connectivity index (χ2n) is 7.58. The molecule has 0 bridgehead atoms. The van der Waals surface area contributed by atoms with E-state index in [0.29, 0.717) is 35.9 Å². The molecule has 32 heavy (non-hydrogen) atoms. The number of sulfonamides is 1. The number of benzene rings is 2. The molecule has 0 spiro atoms. The SMILES string of the molecule is CNS(=O)(=O)c1cc(Nc2ncc(C)c(Nc3ccc4c(c3)CCC(=O)N4)n2)ccc1C. The number of anilines is 5. The van der Waals surface area contributed by atoms with E-state index in [2.05, 4.69) is 30.6 Å². The number of amides is 1. The van der Waals surface area contributed by atoms with Gasteiger partial charge in [-0.2, -0.15) is 4.98 Å². The van der Waals surface area contributed by atoms with Crippen LogP contribution in [0.25, 0.3) is 0 Å². The van der Waals surface area contributed by atoms with Gasteiger partial charge >= 0.3 is 0 Å². The van der Waals surface area contributed by atoms with E-state index < -0.39 is 10.0 Å². The van der Waals surface area contributed by atoms with Crippen molar-refractivity contribution < 1.29 is 13.2 Å². The maximum atomic E-state index is 12.2. The van der Waals surface area contributed by atoms with E-state index in [1.54, 1.807) is 31.3 Å². The van der Waals surface area contributed by atoms with Crippen molar-refractivity contribution in [2.45, 2.75) is 31.6 Å². The number of carbonyl (C=O) groups excluding carboxylic acids is 1. The summed E-state index contributed by atoms with van der Waals surface area (Å²) in [7, 11) is -2.20. The molecule has 4 rings (SSSR count). The van der Waals surface area contributed by atoms with Crippen LogP contribution in [-0.4, -0.2) is 31.3 Å². The van der Waals surface area contributed by atoms with Crippen molar-refractivity contribution >= 4 is 44.8 Å². The highest BCUT2D eigenvalue weighted by Gasteiger charge is 2.17. The minimum atomic E-state index is -3.58. The van der Waals surface area contributed by atoms with Gasteiger partial charge in [0, 0.05) is 35.2 Å². The zero-order valence-corrected chi connectivity index (χ0v) is 18.8. The van der Waals surface area contributed by atoms with Crippen molar-refractivity contribution in [3.8, 4) is 0 Å². The molecule has 2 aromatic carbocycles. The van der Waals surface area contributed by atoms with Gasteiger partial charge in [-0.15, -0.1) is 0 Å². The number of aryl methyl sites for hydroxylation is 3. The molecule has 0 saturated carbocycles. The lowest BCUT2D eigenvalue weighted by Gasteiger charge is -2.18. The van der Waals surface area contributed by atoms with E-state index >= 15 is 0 Å². The second-order valence-corrected chi connectivity index (χ2v) is 9.44. The van der Waals surface area contributed by atoms with Gasteiger partial charge in [0.1, 0.15) is 5.82 Å². The van der Waals surface area contributed by atoms with Crippen LogP contribution in [0.3, 0.4) is 0 Å². The number of nitrogens with zero attached hydrogens (tertiary/aromatic N) is 2. The fourth-order valence-corrected chi connectivity index (χ4v) is 4.43. The summed E-state index contributed by atoms with van der Waals surface area (Å²) in [5.74, 6) is 0.986. The summed E-state index contributed by atoms with van der Waals surface area (Å²) in [4.78, 5) is 20.6. The van der Waals surface area contributed by atoms with Crippen LogP contribution >= 0.6 is 0 Å². The fraction of sp³-hybridized carbons (Fsp3) is 0.227. The van der Waals surface area contributed by atoms with Gasteiger partial charge in [-0.05, 0) is 68.8 Å². The number of fused-ring (bicyclic) bond motifs is 1. The summed E-state index contributed by atoms with van der Waals surface area (Å²) in [6.07, 6.45) is 2.85. The molecular weight excluding hydrogens is 428 g/mol. The minimum Gasteiger partial charge on any atom is -0.340 e. The molecule has 0 saturated heterocycles. The first-order valence-corrected chi connectivity index (χ1v) is 11.6. The molecule has 1 aliphatic rings. The second kappa shape index (κ2) is 8.56. The van der Waals surface area contributed by atoms with Gasteiger partial charge in [0.15, 0.2) is 0 Å². The first-order chi connectivity index (χ1) is 15.2. The Bertz CT molecular complexity index is 1310. The van der Waals surface area contributed by atoms with Crippen LogP contribution in [0.15, 0.2) is 47.5 Å². The van der Waals surface area contributed by atoms with Gasteiger partial charge in [0.05, 0.1) is 4.90 Å². The molecule has 9 nitrogen and oxygen atoms in total. The highest BCUT2D eigenvalue weighted by atomic mass is 32.2. The average Bonchev–Trinajstić information content (AvgIpc) is 2.77. The summed E-state index contributed by atoms with van der Waals surface area (Å²) in [5.41, 5.74) is 4.80. The molecule has 1 aromatic heterocycles. The molecule has 4 N–H and O–H groups in total. The Morgan fingerprint density at radius 1 is 0.969 bits per heavy atom. The number of hydrogen-bond donors (Lipinski definition) is 4. The molecular formula is C22H24N6O3S. The van der Waals surface area contributed by atoms with Crippen molar-refractivity contribution in [2.75, 3.05) is 23.0 Å². The molecule has 0 atom stereocenters. The fourth-order valence-electron chi connectivity index (χ4n) is 3.43. The molecule has 3 aromatic rings. The average molecular weight is 453 g/mol. The van der Waals surface area contributed by atoms with E-state index in [-0.39, 0.29) is 10.8 Å². The quantitative estimate of drug-likeness (QED) is 0.452. The Hall–Kier alpha value is -3.50. The third kappa shape index (κ3) is 4.56. The lowest BCUT2D eigenvalue weighted by atomic mass is 10.0. The maximum Gasteiger partial charge on any atom is 0.240 e. The summed E-state index contributed by atoms with van der Waals surface area (Å²) in [6, 6.07) is 10.8. The smallest absolute Gasteiger partial charge is 0.240 e. The Morgan fingerprint density at radius 3 is 2.50 bits per heavy atom. The van der Waals surface area contributed by atoms with E-state index in [4.69, 9.17) is 0 Å². The van der Waals surface area contributed by atoms with Crippen LogP contribution in [-0.2, 0) is 21.2 Å². The van der Waals surface area contributed by atoms with Crippen LogP contribution in [0.5, 0.6) is 0 Å².